The van der Waals surface area contributed by atoms with Crippen LogP contribution >= 0.6 is 0 Å². The molecule has 0 amide bonds. The van der Waals surface area contributed by atoms with E-state index >= 15 is 0 Å². The molecule has 0 aliphatic heterocycles. The molecule has 112 valence electrons. The molecule has 1 aliphatic carbocycles. The summed E-state index contributed by atoms with van der Waals surface area (Å²) in [5.41, 5.74) is 4.41. The molecule has 3 heteroatoms. The molecule has 1 aromatic heterocycles. The standard InChI is InChI=1S/C18H25N3/c1-3-11-19-18(9-8-15-10-12-20-21(15)2)17-13-14-6-4-5-7-16(14)17/h4-7,10,12,17-19H,3,8-9,11,13H2,1-2H3. The number of rotatable bonds is 7. The number of nitrogens with zero attached hydrogens (tertiary/aromatic N) is 2. The third kappa shape index (κ3) is 3.03. The Morgan fingerprint density at radius 2 is 2.19 bits per heavy atom. The molecule has 0 spiro atoms. The van der Waals surface area contributed by atoms with Crippen molar-refractivity contribution in [2.24, 2.45) is 7.05 Å². The van der Waals surface area contributed by atoms with Gasteiger partial charge in [0.15, 0.2) is 0 Å². The van der Waals surface area contributed by atoms with Crippen molar-refractivity contribution in [3.63, 3.8) is 0 Å². The molecule has 3 rings (SSSR count). The summed E-state index contributed by atoms with van der Waals surface area (Å²) in [5.74, 6) is 0.681. The average molecular weight is 283 g/mol. The lowest BCUT2D eigenvalue weighted by atomic mass is 9.72. The molecule has 0 saturated carbocycles. The monoisotopic (exact) mass is 283 g/mol. The van der Waals surface area contributed by atoms with Crippen LogP contribution in [0.25, 0.3) is 0 Å². The summed E-state index contributed by atoms with van der Waals surface area (Å²) in [6, 6.07) is 11.6. The molecule has 0 saturated heterocycles. The Morgan fingerprint density at radius 3 is 2.90 bits per heavy atom. The smallest absolute Gasteiger partial charge is 0.0492 e. The van der Waals surface area contributed by atoms with Gasteiger partial charge < -0.3 is 5.32 Å². The normalized spacial score (nSPS) is 18.1. The van der Waals surface area contributed by atoms with E-state index in [1.54, 1.807) is 5.56 Å². The summed E-state index contributed by atoms with van der Waals surface area (Å²) >= 11 is 0. The number of aromatic nitrogens is 2. The molecule has 2 aromatic rings. The van der Waals surface area contributed by atoms with E-state index in [1.165, 1.54) is 30.5 Å². The van der Waals surface area contributed by atoms with Gasteiger partial charge in [0.2, 0.25) is 0 Å². The third-order valence-electron chi connectivity index (χ3n) is 4.67. The van der Waals surface area contributed by atoms with Crippen molar-refractivity contribution in [3.05, 3.63) is 53.3 Å². The van der Waals surface area contributed by atoms with Crippen LogP contribution in [0.15, 0.2) is 36.5 Å². The van der Waals surface area contributed by atoms with E-state index in [1.807, 2.05) is 17.9 Å². The molecule has 21 heavy (non-hydrogen) atoms. The summed E-state index contributed by atoms with van der Waals surface area (Å²) in [7, 11) is 2.03. The van der Waals surface area contributed by atoms with Gasteiger partial charge in [-0.25, -0.2) is 0 Å². The predicted molar refractivity (Wildman–Crippen MR) is 86.5 cm³/mol. The van der Waals surface area contributed by atoms with Crippen LogP contribution in [-0.2, 0) is 19.9 Å². The van der Waals surface area contributed by atoms with Gasteiger partial charge in [-0.3, -0.25) is 4.68 Å². The van der Waals surface area contributed by atoms with E-state index in [4.69, 9.17) is 0 Å². The van der Waals surface area contributed by atoms with Crippen LogP contribution in [0.4, 0.5) is 0 Å². The Hall–Kier alpha value is -1.61. The summed E-state index contributed by atoms with van der Waals surface area (Å²) < 4.78 is 1.99. The zero-order valence-electron chi connectivity index (χ0n) is 13.0. The molecule has 0 fully saturated rings. The SMILES string of the molecule is CCCNC(CCc1ccnn1C)C1Cc2ccccc21. The molecule has 2 atom stereocenters. The van der Waals surface area contributed by atoms with Crippen molar-refractivity contribution in [2.75, 3.05) is 6.54 Å². The Balaban J connectivity index is 1.66. The molecular weight excluding hydrogens is 258 g/mol. The maximum atomic E-state index is 4.27. The van der Waals surface area contributed by atoms with Crippen molar-refractivity contribution in [1.82, 2.24) is 15.1 Å². The highest BCUT2D eigenvalue weighted by molar-refractivity contribution is 5.41. The van der Waals surface area contributed by atoms with Crippen LogP contribution < -0.4 is 5.32 Å². The maximum absolute atomic E-state index is 4.27. The van der Waals surface area contributed by atoms with Gasteiger partial charge in [-0.1, -0.05) is 31.2 Å². The molecule has 3 nitrogen and oxygen atoms in total. The second-order valence-electron chi connectivity index (χ2n) is 6.05. The Kier molecular flexibility index (Phi) is 4.39. The fourth-order valence-corrected chi connectivity index (χ4v) is 3.38. The molecule has 1 heterocycles. The van der Waals surface area contributed by atoms with E-state index in [0.717, 1.165) is 13.0 Å². The average Bonchev–Trinajstić information content (AvgIpc) is 2.88. The second kappa shape index (κ2) is 6.44. The molecular formula is C18H25N3. The minimum Gasteiger partial charge on any atom is -0.313 e. The topological polar surface area (TPSA) is 29.9 Å². The van der Waals surface area contributed by atoms with Gasteiger partial charge >= 0.3 is 0 Å². The van der Waals surface area contributed by atoms with E-state index in [-0.39, 0.29) is 0 Å². The second-order valence-corrected chi connectivity index (χ2v) is 6.05. The predicted octanol–water partition coefficient (Wildman–Crippen LogP) is 3.06. The molecule has 2 unspecified atom stereocenters. The van der Waals surface area contributed by atoms with Crippen LogP contribution in [0.1, 0.15) is 42.5 Å². The number of benzene rings is 1. The first kappa shape index (κ1) is 14.3. The lowest BCUT2D eigenvalue weighted by molar-refractivity contribution is 0.377. The number of aryl methyl sites for hydroxylation is 2. The Morgan fingerprint density at radius 1 is 1.33 bits per heavy atom. The van der Waals surface area contributed by atoms with Gasteiger partial charge in [-0.2, -0.15) is 5.10 Å². The first-order valence-corrected chi connectivity index (χ1v) is 8.07. The van der Waals surface area contributed by atoms with E-state index in [0.29, 0.717) is 12.0 Å². The van der Waals surface area contributed by atoms with Gasteiger partial charge in [-0.15, -0.1) is 0 Å². The minimum absolute atomic E-state index is 0.578. The largest absolute Gasteiger partial charge is 0.313 e. The zero-order chi connectivity index (χ0) is 14.7. The van der Waals surface area contributed by atoms with E-state index in [9.17, 15) is 0 Å². The number of hydrogen-bond donors (Lipinski definition) is 1. The molecule has 1 aromatic carbocycles. The van der Waals surface area contributed by atoms with Gasteiger partial charge in [0, 0.05) is 30.9 Å². The van der Waals surface area contributed by atoms with Gasteiger partial charge in [-0.05, 0) is 49.4 Å². The van der Waals surface area contributed by atoms with Crippen LogP contribution in [0.3, 0.4) is 0 Å². The zero-order valence-corrected chi connectivity index (χ0v) is 13.0. The first-order valence-electron chi connectivity index (χ1n) is 8.07. The summed E-state index contributed by atoms with van der Waals surface area (Å²) in [5, 5.41) is 8.03. The number of hydrogen-bond acceptors (Lipinski definition) is 2. The van der Waals surface area contributed by atoms with Crippen LogP contribution in [0, 0.1) is 0 Å². The quantitative estimate of drug-likeness (QED) is 0.846. The highest BCUT2D eigenvalue weighted by atomic mass is 15.2. The summed E-state index contributed by atoms with van der Waals surface area (Å²) in [6.45, 7) is 3.34. The molecule has 1 N–H and O–H groups in total. The lowest BCUT2D eigenvalue weighted by Crippen LogP contribution is -2.40. The van der Waals surface area contributed by atoms with Gasteiger partial charge in [0.05, 0.1) is 0 Å². The number of nitrogens with one attached hydrogen (secondary N) is 1. The Bertz CT molecular complexity index is 588. The van der Waals surface area contributed by atoms with Crippen molar-refractivity contribution >= 4 is 0 Å². The fraction of sp³-hybridized carbons (Fsp3) is 0.500. The van der Waals surface area contributed by atoms with Crippen LogP contribution in [-0.4, -0.2) is 22.4 Å². The van der Waals surface area contributed by atoms with Crippen LogP contribution in [0.2, 0.25) is 0 Å². The highest BCUT2D eigenvalue weighted by Crippen LogP contribution is 2.38. The van der Waals surface area contributed by atoms with E-state index in [2.05, 4.69) is 47.7 Å². The fourth-order valence-electron chi connectivity index (χ4n) is 3.38. The van der Waals surface area contributed by atoms with Gasteiger partial charge in [0.1, 0.15) is 0 Å². The van der Waals surface area contributed by atoms with Crippen molar-refractivity contribution in [2.45, 2.75) is 44.6 Å². The molecule has 0 radical (unpaired) electrons. The van der Waals surface area contributed by atoms with Crippen molar-refractivity contribution < 1.29 is 0 Å². The van der Waals surface area contributed by atoms with Crippen molar-refractivity contribution in [1.29, 1.82) is 0 Å². The lowest BCUT2D eigenvalue weighted by Gasteiger charge is -2.37. The minimum atomic E-state index is 0.578. The first-order chi connectivity index (χ1) is 10.3. The maximum Gasteiger partial charge on any atom is 0.0492 e. The number of fused-ring (bicyclic) bond motifs is 1. The van der Waals surface area contributed by atoms with Gasteiger partial charge in [0.25, 0.3) is 0 Å². The third-order valence-corrected chi connectivity index (χ3v) is 4.67. The molecule has 1 aliphatic rings. The van der Waals surface area contributed by atoms with E-state index < -0.39 is 0 Å². The summed E-state index contributed by atoms with van der Waals surface area (Å²) in [4.78, 5) is 0. The molecule has 0 bridgehead atoms. The highest BCUT2D eigenvalue weighted by Gasteiger charge is 2.32. The van der Waals surface area contributed by atoms with Crippen LogP contribution in [0.5, 0.6) is 0 Å². The Labute approximate surface area is 127 Å². The summed E-state index contributed by atoms with van der Waals surface area (Å²) in [6.07, 6.45) is 6.58. The van der Waals surface area contributed by atoms with Crippen molar-refractivity contribution in [3.8, 4) is 0 Å².